The molecule has 0 spiro atoms. The number of hydrogen-bond acceptors (Lipinski definition) is 3. The third-order valence-corrected chi connectivity index (χ3v) is 7.10. The maximum Gasteiger partial charge on any atom is 0.246 e. The number of anilines is 1. The fraction of sp³-hybridized carbons (Fsp3) is 0.160. The van der Waals surface area contributed by atoms with Gasteiger partial charge in [0.05, 0.1) is 10.6 Å². The maximum atomic E-state index is 13.2. The number of nitrogens with zero attached hydrogens (tertiary/aromatic N) is 2. The van der Waals surface area contributed by atoms with Crippen LogP contribution in [0.4, 0.5) is 5.69 Å². The summed E-state index contributed by atoms with van der Waals surface area (Å²) in [6.45, 7) is 2.02. The average Bonchev–Trinajstić information content (AvgIpc) is 3.15. The summed E-state index contributed by atoms with van der Waals surface area (Å²) in [6.07, 6.45) is 1.59. The number of amides is 1. The molecule has 0 radical (unpaired) electrons. The van der Waals surface area contributed by atoms with E-state index >= 15 is 0 Å². The lowest BCUT2D eigenvalue weighted by molar-refractivity contribution is -0.118. The number of carbonyl (C=O) groups excluding carboxylic acids is 1. The third kappa shape index (κ3) is 4.39. The van der Waals surface area contributed by atoms with Crippen molar-refractivity contribution in [1.82, 2.24) is 4.57 Å². The Morgan fingerprint density at radius 1 is 0.903 bits per heavy atom. The Morgan fingerprint density at radius 2 is 1.55 bits per heavy atom. The van der Waals surface area contributed by atoms with Crippen LogP contribution in [0.15, 0.2) is 90.0 Å². The Morgan fingerprint density at radius 3 is 2.26 bits per heavy atom. The lowest BCUT2D eigenvalue weighted by atomic mass is 10.2. The first-order valence-electron chi connectivity index (χ1n) is 10.0. The van der Waals surface area contributed by atoms with Gasteiger partial charge in [0.2, 0.25) is 5.91 Å². The quantitative estimate of drug-likeness (QED) is 0.448. The molecule has 1 heterocycles. The fourth-order valence-electron chi connectivity index (χ4n) is 3.62. The Labute approximate surface area is 182 Å². The second kappa shape index (κ2) is 8.40. The van der Waals surface area contributed by atoms with E-state index in [-0.39, 0.29) is 23.1 Å². The number of benzene rings is 3. The molecule has 0 aliphatic carbocycles. The molecule has 0 aliphatic heterocycles. The van der Waals surface area contributed by atoms with Crippen molar-refractivity contribution >= 4 is 32.3 Å². The number of likely N-dealkylation sites (N-methyl/N-ethyl adjacent to an activating group) is 1. The highest BCUT2D eigenvalue weighted by atomic mass is 32.2. The molecular formula is C25H24N2O3S. The van der Waals surface area contributed by atoms with Gasteiger partial charge in [-0.1, -0.05) is 66.2 Å². The summed E-state index contributed by atoms with van der Waals surface area (Å²) in [5.74, 6) is -0.214. The molecule has 3 aromatic carbocycles. The first-order valence-corrected chi connectivity index (χ1v) is 11.7. The Balaban J connectivity index is 1.67. The molecule has 4 rings (SSSR count). The molecule has 6 heteroatoms. The van der Waals surface area contributed by atoms with Gasteiger partial charge in [0.1, 0.15) is 6.54 Å². The summed E-state index contributed by atoms with van der Waals surface area (Å²) in [7, 11) is -1.87. The van der Waals surface area contributed by atoms with Gasteiger partial charge in [0.15, 0.2) is 9.84 Å². The normalized spacial score (nSPS) is 11.5. The molecular weight excluding hydrogens is 408 g/mol. The van der Waals surface area contributed by atoms with Crippen LogP contribution >= 0.6 is 0 Å². The van der Waals surface area contributed by atoms with Crippen LogP contribution in [0.25, 0.3) is 10.9 Å². The van der Waals surface area contributed by atoms with E-state index in [9.17, 15) is 13.2 Å². The number of aryl methyl sites for hydroxylation is 1. The number of rotatable bonds is 6. The van der Waals surface area contributed by atoms with Crippen LogP contribution in [-0.4, -0.2) is 25.9 Å². The Kier molecular flexibility index (Phi) is 5.65. The van der Waals surface area contributed by atoms with E-state index in [2.05, 4.69) is 0 Å². The number of sulfone groups is 1. The molecule has 0 unspecified atom stereocenters. The molecule has 0 atom stereocenters. The van der Waals surface area contributed by atoms with Gasteiger partial charge in [-0.05, 0) is 30.7 Å². The average molecular weight is 433 g/mol. The molecule has 31 heavy (non-hydrogen) atoms. The van der Waals surface area contributed by atoms with Crippen molar-refractivity contribution < 1.29 is 13.2 Å². The molecule has 0 N–H and O–H groups in total. The summed E-state index contributed by atoms with van der Waals surface area (Å²) in [5, 5.41) is 0.629. The van der Waals surface area contributed by atoms with Crippen molar-refractivity contribution in [2.24, 2.45) is 0 Å². The van der Waals surface area contributed by atoms with E-state index in [1.165, 1.54) is 0 Å². The van der Waals surface area contributed by atoms with Crippen LogP contribution in [0, 0.1) is 6.92 Å². The van der Waals surface area contributed by atoms with Crippen molar-refractivity contribution in [3.8, 4) is 0 Å². The molecule has 1 aromatic heterocycles. The topological polar surface area (TPSA) is 59.4 Å². The zero-order chi connectivity index (χ0) is 22.0. The molecule has 5 nitrogen and oxygen atoms in total. The van der Waals surface area contributed by atoms with E-state index in [1.54, 1.807) is 28.8 Å². The minimum Gasteiger partial charge on any atom is -0.337 e. The summed E-state index contributed by atoms with van der Waals surface area (Å²) < 4.78 is 28.2. The predicted molar refractivity (Wildman–Crippen MR) is 124 cm³/mol. The van der Waals surface area contributed by atoms with Crippen LogP contribution in [0.1, 0.15) is 11.1 Å². The number of para-hydroxylation sites is 2. The monoisotopic (exact) mass is 432 g/mol. The third-order valence-electron chi connectivity index (χ3n) is 5.39. The predicted octanol–water partition coefficient (Wildman–Crippen LogP) is 4.59. The summed E-state index contributed by atoms with van der Waals surface area (Å²) in [6, 6.07) is 24.2. The molecule has 0 fully saturated rings. The van der Waals surface area contributed by atoms with Crippen LogP contribution < -0.4 is 4.90 Å². The van der Waals surface area contributed by atoms with E-state index in [1.807, 2.05) is 79.7 Å². The Hall–Kier alpha value is -3.38. The smallest absolute Gasteiger partial charge is 0.246 e. The second-order valence-corrected chi connectivity index (χ2v) is 9.63. The van der Waals surface area contributed by atoms with Crippen molar-refractivity contribution in [2.45, 2.75) is 24.1 Å². The highest BCUT2D eigenvalue weighted by Crippen LogP contribution is 2.28. The minimum atomic E-state index is -3.59. The molecule has 0 saturated heterocycles. The van der Waals surface area contributed by atoms with Crippen molar-refractivity contribution in [3.63, 3.8) is 0 Å². The number of fused-ring (bicyclic) bond motifs is 1. The lowest BCUT2D eigenvalue weighted by Crippen LogP contribution is -2.29. The number of aromatic nitrogens is 1. The van der Waals surface area contributed by atoms with E-state index in [4.69, 9.17) is 0 Å². The molecule has 0 aliphatic rings. The summed E-state index contributed by atoms with van der Waals surface area (Å²) in [4.78, 5) is 14.7. The summed E-state index contributed by atoms with van der Waals surface area (Å²) in [5.41, 5.74) is 3.33. The first kappa shape index (κ1) is 20.9. The fourth-order valence-corrected chi connectivity index (χ4v) is 5.20. The van der Waals surface area contributed by atoms with Crippen molar-refractivity contribution in [3.05, 3.63) is 96.2 Å². The zero-order valence-corrected chi connectivity index (χ0v) is 18.3. The van der Waals surface area contributed by atoms with Gasteiger partial charge in [0, 0.05) is 29.8 Å². The van der Waals surface area contributed by atoms with Crippen LogP contribution in [0.3, 0.4) is 0 Å². The highest BCUT2D eigenvalue weighted by molar-refractivity contribution is 7.90. The molecule has 1 amide bonds. The molecule has 0 bridgehead atoms. The van der Waals surface area contributed by atoms with Gasteiger partial charge in [-0.3, -0.25) is 4.79 Å². The Bertz CT molecular complexity index is 1320. The zero-order valence-electron chi connectivity index (χ0n) is 17.5. The number of hydrogen-bond donors (Lipinski definition) is 0. The van der Waals surface area contributed by atoms with Gasteiger partial charge < -0.3 is 9.47 Å². The molecule has 4 aromatic rings. The molecule has 0 saturated carbocycles. The largest absolute Gasteiger partial charge is 0.337 e. The van der Waals surface area contributed by atoms with E-state index < -0.39 is 9.84 Å². The molecule has 158 valence electrons. The lowest BCUT2D eigenvalue weighted by Gasteiger charge is -2.18. The van der Waals surface area contributed by atoms with Crippen molar-refractivity contribution in [2.75, 3.05) is 11.9 Å². The first-order chi connectivity index (χ1) is 14.8. The van der Waals surface area contributed by atoms with Gasteiger partial charge in [-0.25, -0.2) is 8.42 Å². The van der Waals surface area contributed by atoms with Crippen LogP contribution in [0.5, 0.6) is 0 Å². The van der Waals surface area contributed by atoms with E-state index in [0.29, 0.717) is 5.39 Å². The van der Waals surface area contributed by atoms with Crippen LogP contribution in [-0.2, 0) is 26.9 Å². The highest BCUT2D eigenvalue weighted by Gasteiger charge is 2.23. The van der Waals surface area contributed by atoms with Crippen molar-refractivity contribution in [1.29, 1.82) is 0 Å². The minimum absolute atomic E-state index is 0.0476. The standard InChI is InChI=1S/C25H24N2O3S/c1-19-12-14-20(15-13-19)18-31(29,30)24-16-27(23-11-7-6-10-22(23)24)17-25(28)26(2)21-8-4-3-5-9-21/h3-16H,17-18H2,1-2H3. The summed E-state index contributed by atoms with van der Waals surface area (Å²) >= 11 is 0. The van der Waals surface area contributed by atoms with Crippen LogP contribution in [0.2, 0.25) is 0 Å². The number of carbonyl (C=O) groups is 1. The van der Waals surface area contributed by atoms with Gasteiger partial charge in [-0.2, -0.15) is 0 Å². The maximum absolute atomic E-state index is 13.2. The van der Waals surface area contributed by atoms with Gasteiger partial charge >= 0.3 is 0 Å². The second-order valence-electron chi connectivity index (χ2n) is 7.67. The van der Waals surface area contributed by atoms with E-state index in [0.717, 1.165) is 22.3 Å². The van der Waals surface area contributed by atoms with Gasteiger partial charge in [-0.15, -0.1) is 0 Å². The SMILES string of the molecule is Cc1ccc(CS(=O)(=O)c2cn(CC(=O)N(C)c3ccccc3)c3ccccc23)cc1. The van der Waals surface area contributed by atoms with Gasteiger partial charge in [0.25, 0.3) is 0 Å².